The summed E-state index contributed by atoms with van der Waals surface area (Å²) in [6.45, 7) is 4.32. The first kappa shape index (κ1) is 10.4. The summed E-state index contributed by atoms with van der Waals surface area (Å²) in [7, 11) is 0. The second-order valence-corrected chi connectivity index (χ2v) is 3.78. The zero-order valence-electron chi connectivity index (χ0n) is 8.89. The maximum absolute atomic E-state index is 9.03. The van der Waals surface area contributed by atoms with E-state index < -0.39 is 0 Å². The highest BCUT2D eigenvalue weighted by atomic mass is 16.5. The van der Waals surface area contributed by atoms with Gasteiger partial charge in [0.2, 0.25) is 0 Å². The molecule has 0 unspecified atom stereocenters. The minimum atomic E-state index is -0.0694. The number of pyridine rings is 1. The topological polar surface area (TPSA) is 45.6 Å². The van der Waals surface area contributed by atoms with Gasteiger partial charge in [-0.25, -0.2) is 0 Å². The average Bonchev–Trinajstić information content (AvgIpc) is 2.30. The van der Waals surface area contributed by atoms with Crippen LogP contribution in [0.3, 0.4) is 0 Å². The van der Waals surface area contributed by atoms with E-state index in [9.17, 15) is 0 Å². The van der Waals surface area contributed by atoms with Crippen molar-refractivity contribution in [1.82, 2.24) is 4.98 Å². The van der Waals surface area contributed by atoms with Crippen LogP contribution in [0.4, 0.5) is 5.69 Å². The Morgan fingerprint density at radius 2 is 2.47 bits per heavy atom. The summed E-state index contributed by atoms with van der Waals surface area (Å²) < 4.78 is 5.39. The van der Waals surface area contributed by atoms with Crippen LogP contribution in [0.5, 0.6) is 0 Å². The van der Waals surface area contributed by atoms with Gasteiger partial charge in [0.15, 0.2) is 0 Å². The highest BCUT2D eigenvalue weighted by Crippen LogP contribution is 2.16. The second kappa shape index (κ2) is 4.59. The van der Waals surface area contributed by atoms with Crippen LogP contribution in [0.1, 0.15) is 5.69 Å². The van der Waals surface area contributed by atoms with Gasteiger partial charge in [-0.1, -0.05) is 0 Å². The van der Waals surface area contributed by atoms with Crippen molar-refractivity contribution < 1.29 is 9.84 Å². The lowest BCUT2D eigenvalue weighted by Crippen LogP contribution is -2.44. The highest BCUT2D eigenvalue weighted by Gasteiger charge is 2.19. The summed E-state index contributed by atoms with van der Waals surface area (Å²) in [4.78, 5) is 6.45. The molecule has 0 saturated carbocycles. The molecule has 0 aliphatic carbocycles. The molecule has 0 amide bonds. The monoisotopic (exact) mass is 208 g/mol. The lowest BCUT2D eigenvalue weighted by Gasteiger charge is -2.33. The Morgan fingerprint density at radius 1 is 1.60 bits per heavy atom. The Bertz CT molecular complexity index is 313. The van der Waals surface area contributed by atoms with E-state index >= 15 is 0 Å². The van der Waals surface area contributed by atoms with Gasteiger partial charge in [-0.3, -0.25) is 4.98 Å². The molecule has 4 nitrogen and oxygen atoms in total. The first-order valence-electron chi connectivity index (χ1n) is 5.19. The molecule has 1 N–H and O–H groups in total. The van der Waals surface area contributed by atoms with Gasteiger partial charge < -0.3 is 14.7 Å². The van der Waals surface area contributed by atoms with Gasteiger partial charge in [-0.05, 0) is 19.1 Å². The molecule has 1 fully saturated rings. The molecule has 4 heteroatoms. The van der Waals surface area contributed by atoms with Crippen LogP contribution in [0, 0.1) is 6.92 Å². The number of aliphatic hydroxyl groups excluding tert-OH is 1. The molecule has 82 valence electrons. The largest absolute Gasteiger partial charge is 0.394 e. The van der Waals surface area contributed by atoms with Gasteiger partial charge >= 0.3 is 0 Å². The summed E-state index contributed by atoms with van der Waals surface area (Å²) in [6, 6.07) is 4.06. The van der Waals surface area contributed by atoms with Crippen molar-refractivity contribution in [3.63, 3.8) is 0 Å². The first-order valence-corrected chi connectivity index (χ1v) is 5.19. The molecule has 1 atom stereocenters. The molecule has 1 aliphatic rings. The lowest BCUT2D eigenvalue weighted by molar-refractivity contribution is 0.00355. The van der Waals surface area contributed by atoms with Crippen LogP contribution in [-0.2, 0) is 4.74 Å². The molecule has 2 rings (SSSR count). The summed E-state index contributed by atoms with van der Waals surface area (Å²) in [5.41, 5.74) is 2.12. The summed E-state index contributed by atoms with van der Waals surface area (Å²) in [5.74, 6) is 0. The van der Waals surface area contributed by atoms with Crippen LogP contribution in [0.2, 0.25) is 0 Å². The SMILES string of the molecule is Cc1ccc(N2CCO[C@H](CO)C2)cn1. The molecular formula is C11H16N2O2. The number of nitrogens with zero attached hydrogens (tertiary/aromatic N) is 2. The first-order chi connectivity index (χ1) is 7.29. The van der Waals surface area contributed by atoms with Gasteiger partial charge in [0.1, 0.15) is 0 Å². The van der Waals surface area contributed by atoms with Crippen molar-refractivity contribution in [2.24, 2.45) is 0 Å². The zero-order chi connectivity index (χ0) is 10.7. The third-order valence-corrected chi connectivity index (χ3v) is 2.60. The van der Waals surface area contributed by atoms with E-state index in [2.05, 4.69) is 16.0 Å². The summed E-state index contributed by atoms with van der Waals surface area (Å²) >= 11 is 0. The molecule has 15 heavy (non-hydrogen) atoms. The second-order valence-electron chi connectivity index (χ2n) is 3.78. The Morgan fingerprint density at radius 3 is 3.13 bits per heavy atom. The molecule has 1 aromatic rings. The normalized spacial score (nSPS) is 21.7. The third kappa shape index (κ3) is 2.46. The third-order valence-electron chi connectivity index (χ3n) is 2.60. The molecule has 2 heterocycles. The Labute approximate surface area is 89.5 Å². The number of aromatic nitrogens is 1. The number of rotatable bonds is 2. The predicted molar refractivity (Wildman–Crippen MR) is 58.0 cm³/mol. The van der Waals surface area contributed by atoms with Crippen LogP contribution in [-0.4, -0.2) is 42.5 Å². The van der Waals surface area contributed by atoms with Crippen LogP contribution >= 0.6 is 0 Å². The fourth-order valence-corrected chi connectivity index (χ4v) is 1.71. The van der Waals surface area contributed by atoms with E-state index in [-0.39, 0.29) is 12.7 Å². The van der Waals surface area contributed by atoms with Crippen LogP contribution in [0.25, 0.3) is 0 Å². The molecule has 1 saturated heterocycles. The van der Waals surface area contributed by atoms with Crippen LogP contribution < -0.4 is 4.90 Å². The van der Waals surface area contributed by atoms with E-state index in [1.807, 2.05) is 19.2 Å². The standard InChI is InChI=1S/C11H16N2O2/c1-9-2-3-10(6-12-9)13-4-5-15-11(7-13)8-14/h2-3,6,11,14H,4-5,7-8H2,1H3/t11-/m0/s1. The molecule has 1 aromatic heterocycles. The highest BCUT2D eigenvalue weighted by molar-refractivity contribution is 5.44. The number of anilines is 1. The summed E-state index contributed by atoms with van der Waals surface area (Å²) in [6.07, 6.45) is 1.80. The van der Waals surface area contributed by atoms with E-state index in [0.29, 0.717) is 6.61 Å². The number of aryl methyl sites for hydroxylation is 1. The van der Waals surface area contributed by atoms with Crippen molar-refractivity contribution in [2.75, 3.05) is 31.2 Å². The van der Waals surface area contributed by atoms with Crippen molar-refractivity contribution >= 4 is 5.69 Å². The smallest absolute Gasteiger partial charge is 0.0980 e. The quantitative estimate of drug-likeness (QED) is 0.772. The van der Waals surface area contributed by atoms with E-state index in [1.54, 1.807) is 0 Å². The Balaban J connectivity index is 2.06. The number of ether oxygens (including phenoxy) is 1. The number of morpholine rings is 1. The van der Waals surface area contributed by atoms with E-state index in [1.165, 1.54) is 0 Å². The number of hydrogen-bond acceptors (Lipinski definition) is 4. The average molecular weight is 208 g/mol. The van der Waals surface area contributed by atoms with Crippen LogP contribution in [0.15, 0.2) is 18.3 Å². The number of hydrogen-bond donors (Lipinski definition) is 1. The fourth-order valence-electron chi connectivity index (χ4n) is 1.71. The number of aliphatic hydroxyl groups is 1. The lowest BCUT2D eigenvalue weighted by atomic mass is 10.2. The fraction of sp³-hybridized carbons (Fsp3) is 0.545. The Hall–Kier alpha value is -1.13. The Kier molecular flexibility index (Phi) is 3.18. The molecule has 0 radical (unpaired) electrons. The van der Waals surface area contributed by atoms with Gasteiger partial charge in [0.25, 0.3) is 0 Å². The molecular weight excluding hydrogens is 192 g/mol. The maximum atomic E-state index is 9.03. The molecule has 0 bridgehead atoms. The van der Waals surface area contributed by atoms with Crippen molar-refractivity contribution in [2.45, 2.75) is 13.0 Å². The zero-order valence-corrected chi connectivity index (χ0v) is 8.89. The van der Waals surface area contributed by atoms with Crippen molar-refractivity contribution in [3.8, 4) is 0 Å². The van der Waals surface area contributed by atoms with Gasteiger partial charge in [0.05, 0.1) is 31.2 Å². The minimum absolute atomic E-state index is 0.0694. The van der Waals surface area contributed by atoms with Gasteiger partial charge in [-0.2, -0.15) is 0 Å². The predicted octanol–water partition coefficient (Wildman–Crippen LogP) is 0.588. The van der Waals surface area contributed by atoms with Crippen molar-refractivity contribution in [3.05, 3.63) is 24.0 Å². The molecule has 1 aliphatic heterocycles. The van der Waals surface area contributed by atoms with Gasteiger partial charge in [0, 0.05) is 18.8 Å². The minimum Gasteiger partial charge on any atom is -0.394 e. The maximum Gasteiger partial charge on any atom is 0.0980 e. The molecule has 0 spiro atoms. The van der Waals surface area contributed by atoms with Crippen molar-refractivity contribution in [1.29, 1.82) is 0 Å². The molecule has 0 aromatic carbocycles. The summed E-state index contributed by atoms with van der Waals surface area (Å²) in [5, 5.41) is 9.03. The van der Waals surface area contributed by atoms with E-state index in [4.69, 9.17) is 9.84 Å². The van der Waals surface area contributed by atoms with Gasteiger partial charge in [-0.15, -0.1) is 0 Å². The van der Waals surface area contributed by atoms with E-state index in [0.717, 1.165) is 24.5 Å².